The predicted octanol–water partition coefficient (Wildman–Crippen LogP) is 0.771. The Bertz CT molecular complexity index is 728. The summed E-state index contributed by atoms with van der Waals surface area (Å²) in [6.07, 6.45) is 0. The number of carboxylic acids is 1. The zero-order valence-electron chi connectivity index (χ0n) is 10.9. The van der Waals surface area contributed by atoms with Gasteiger partial charge in [0, 0.05) is 18.7 Å². The molecule has 108 valence electrons. The molecule has 0 spiro atoms. The molecule has 1 aliphatic rings. The molecule has 0 bridgehead atoms. The largest absolute Gasteiger partial charge is 0.476 e. The van der Waals surface area contributed by atoms with Gasteiger partial charge < -0.3 is 10.0 Å². The van der Waals surface area contributed by atoms with E-state index in [1.54, 1.807) is 18.2 Å². The van der Waals surface area contributed by atoms with Crippen LogP contribution in [0.5, 0.6) is 0 Å². The second-order valence-electron chi connectivity index (χ2n) is 4.63. The van der Waals surface area contributed by atoms with Gasteiger partial charge in [0.05, 0.1) is 6.54 Å². The number of carbonyl (C=O) groups is 2. The SMILES string of the molecule is O=C(O)c1nnn2c1C(=O)N(Cc1ccccc1F)CC2. The van der Waals surface area contributed by atoms with Crippen molar-refractivity contribution in [3.8, 4) is 0 Å². The number of carboxylic acid groups (broad SMARTS) is 1. The topological polar surface area (TPSA) is 88.3 Å². The van der Waals surface area contributed by atoms with Gasteiger partial charge >= 0.3 is 5.97 Å². The third-order valence-electron chi connectivity index (χ3n) is 3.33. The van der Waals surface area contributed by atoms with Crippen LogP contribution >= 0.6 is 0 Å². The molecule has 1 aliphatic heterocycles. The summed E-state index contributed by atoms with van der Waals surface area (Å²) in [6, 6.07) is 6.16. The van der Waals surface area contributed by atoms with Crippen molar-refractivity contribution in [2.24, 2.45) is 0 Å². The quantitative estimate of drug-likeness (QED) is 0.902. The van der Waals surface area contributed by atoms with Crippen molar-refractivity contribution in [3.63, 3.8) is 0 Å². The molecular formula is C13H11FN4O3. The van der Waals surface area contributed by atoms with Crippen LogP contribution in [0.3, 0.4) is 0 Å². The van der Waals surface area contributed by atoms with Gasteiger partial charge in [0.15, 0.2) is 5.69 Å². The number of fused-ring (bicyclic) bond motifs is 1. The zero-order valence-corrected chi connectivity index (χ0v) is 10.9. The Morgan fingerprint density at radius 2 is 2.10 bits per heavy atom. The number of halogens is 1. The summed E-state index contributed by atoms with van der Waals surface area (Å²) < 4.78 is 14.9. The minimum Gasteiger partial charge on any atom is -0.476 e. The summed E-state index contributed by atoms with van der Waals surface area (Å²) in [6.45, 7) is 0.730. The summed E-state index contributed by atoms with van der Waals surface area (Å²) in [7, 11) is 0. The first-order valence-corrected chi connectivity index (χ1v) is 6.27. The van der Waals surface area contributed by atoms with Gasteiger partial charge in [0.25, 0.3) is 5.91 Å². The molecule has 1 amide bonds. The van der Waals surface area contributed by atoms with Gasteiger partial charge in [-0.1, -0.05) is 23.4 Å². The average Bonchev–Trinajstić information content (AvgIpc) is 2.89. The van der Waals surface area contributed by atoms with Gasteiger partial charge in [-0.25, -0.2) is 13.9 Å². The molecule has 0 radical (unpaired) electrons. The predicted molar refractivity (Wildman–Crippen MR) is 68.1 cm³/mol. The Hall–Kier alpha value is -2.77. The first kappa shape index (κ1) is 13.2. The fraction of sp³-hybridized carbons (Fsp3) is 0.231. The third kappa shape index (κ3) is 2.24. The number of nitrogens with zero attached hydrogens (tertiary/aromatic N) is 4. The van der Waals surface area contributed by atoms with Crippen molar-refractivity contribution in [2.45, 2.75) is 13.1 Å². The average molecular weight is 290 g/mol. The highest BCUT2D eigenvalue weighted by Gasteiger charge is 2.32. The van der Waals surface area contributed by atoms with E-state index in [0.717, 1.165) is 0 Å². The number of rotatable bonds is 3. The number of amides is 1. The molecule has 2 aromatic rings. The molecule has 0 aliphatic carbocycles. The first-order valence-electron chi connectivity index (χ1n) is 6.27. The highest BCUT2D eigenvalue weighted by molar-refractivity contribution is 6.02. The number of hydrogen-bond donors (Lipinski definition) is 1. The number of carbonyl (C=O) groups excluding carboxylic acids is 1. The molecule has 1 aromatic heterocycles. The summed E-state index contributed by atoms with van der Waals surface area (Å²) in [5.74, 6) is -2.22. The second-order valence-corrected chi connectivity index (χ2v) is 4.63. The molecular weight excluding hydrogens is 279 g/mol. The molecule has 0 atom stereocenters. The van der Waals surface area contributed by atoms with Crippen molar-refractivity contribution in [2.75, 3.05) is 6.54 Å². The Labute approximate surface area is 118 Å². The van der Waals surface area contributed by atoms with E-state index in [0.29, 0.717) is 18.7 Å². The lowest BCUT2D eigenvalue weighted by Gasteiger charge is -2.27. The maximum absolute atomic E-state index is 13.7. The zero-order chi connectivity index (χ0) is 15.0. The molecule has 21 heavy (non-hydrogen) atoms. The molecule has 0 unspecified atom stereocenters. The van der Waals surface area contributed by atoms with Crippen LogP contribution in [0.2, 0.25) is 0 Å². The lowest BCUT2D eigenvalue weighted by Crippen LogP contribution is -2.40. The number of aromatic carboxylic acids is 1. The van der Waals surface area contributed by atoms with Crippen LogP contribution in [-0.2, 0) is 13.1 Å². The highest BCUT2D eigenvalue weighted by Crippen LogP contribution is 2.18. The number of aromatic nitrogens is 3. The van der Waals surface area contributed by atoms with E-state index in [1.807, 2.05) is 0 Å². The van der Waals surface area contributed by atoms with Crippen LogP contribution in [0.25, 0.3) is 0 Å². The lowest BCUT2D eigenvalue weighted by molar-refractivity contribution is 0.0640. The molecule has 2 heterocycles. The highest BCUT2D eigenvalue weighted by atomic mass is 19.1. The Kier molecular flexibility index (Phi) is 3.13. The number of benzene rings is 1. The van der Waals surface area contributed by atoms with Crippen molar-refractivity contribution in [1.29, 1.82) is 0 Å². The molecule has 1 N–H and O–H groups in total. The maximum atomic E-state index is 13.7. The van der Waals surface area contributed by atoms with Crippen molar-refractivity contribution >= 4 is 11.9 Å². The molecule has 7 nitrogen and oxygen atoms in total. The molecule has 0 saturated carbocycles. The van der Waals surface area contributed by atoms with E-state index in [-0.39, 0.29) is 17.9 Å². The summed E-state index contributed by atoms with van der Waals surface area (Å²) in [5, 5.41) is 16.2. The minimum absolute atomic E-state index is 0.0647. The minimum atomic E-state index is -1.31. The summed E-state index contributed by atoms with van der Waals surface area (Å²) in [4.78, 5) is 24.8. The summed E-state index contributed by atoms with van der Waals surface area (Å²) >= 11 is 0. The van der Waals surface area contributed by atoms with E-state index in [9.17, 15) is 14.0 Å². The Balaban J connectivity index is 1.90. The van der Waals surface area contributed by atoms with E-state index in [4.69, 9.17) is 5.11 Å². The van der Waals surface area contributed by atoms with Crippen molar-refractivity contribution in [3.05, 3.63) is 47.0 Å². The van der Waals surface area contributed by atoms with E-state index in [1.165, 1.54) is 15.6 Å². The maximum Gasteiger partial charge on any atom is 0.358 e. The van der Waals surface area contributed by atoms with Gasteiger partial charge in [-0.3, -0.25) is 4.79 Å². The van der Waals surface area contributed by atoms with Gasteiger partial charge in [-0.15, -0.1) is 5.10 Å². The summed E-state index contributed by atoms with van der Waals surface area (Å²) in [5.41, 5.74) is -0.0630. The Morgan fingerprint density at radius 3 is 2.81 bits per heavy atom. The smallest absolute Gasteiger partial charge is 0.358 e. The molecule has 0 saturated heterocycles. The molecule has 3 rings (SSSR count). The standard InChI is InChI=1S/C13H11FN4O3/c14-9-4-2-1-3-8(9)7-17-5-6-18-11(12(17)19)10(13(20)21)15-16-18/h1-4H,5-7H2,(H,20,21). The van der Waals surface area contributed by atoms with Crippen molar-refractivity contribution < 1.29 is 19.1 Å². The van der Waals surface area contributed by atoms with Crippen LogP contribution in [0.4, 0.5) is 4.39 Å². The van der Waals surface area contributed by atoms with E-state index >= 15 is 0 Å². The van der Waals surface area contributed by atoms with Gasteiger partial charge in [0.1, 0.15) is 5.82 Å². The fourth-order valence-electron chi connectivity index (χ4n) is 2.28. The van der Waals surface area contributed by atoms with Crippen LogP contribution in [0.1, 0.15) is 26.5 Å². The second kappa shape index (κ2) is 4.97. The van der Waals surface area contributed by atoms with Crippen LogP contribution < -0.4 is 0 Å². The van der Waals surface area contributed by atoms with Crippen LogP contribution in [-0.4, -0.2) is 43.4 Å². The van der Waals surface area contributed by atoms with E-state index < -0.39 is 17.7 Å². The number of hydrogen-bond acceptors (Lipinski definition) is 4. The van der Waals surface area contributed by atoms with Gasteiger partial charge in [0.2, 0.25) is 5.69 Å². The van der Waals surface area contributed by atoms with E-state index in [2.05, 4.69) is 10.3 Å². The van der Waals surface area contributed by atoms with Gasteiger partial charge in [-0.2, -0.15) is 0 Å². The van der Waals surface area contributed by atoms with Crippen LogP contribution in [0, 0.1) is 5.82 Å². The first-order chi connectivity index (χ1) is 10.1. The fourth-order valence-corrected chi connectivity index (χ4v) is 2.28. The Morgan fingerprint density at radius 1 is 1.33 bits per heavy atom. The molecule has 1 aromatic carbocycles. The monoisotopic (exact) mass is 290 g/mol. The van der Waals surface area contributed by atoms with Crippen LogP contribution in [0.15, 0.2) is 24.3 Å². The third-order valence-corrected chi connectivity index (χ3v) is 3.33. The normalized spacial score (nSPS) is 14.1. The molecule has 0 fully saturated rings. The van der Waals surface area contributed by atoms with Crippen molar-refractivity contribution in [1.82, 2.24) is 19.9 Å². The molecule has 8 heteroatoms. The lowest BCUT2D eigenvalue weighted by atomic mass is 10.1. The van der Waals surface area contributed by atoms with Gasteiger partial charge in [-0.05, 0) is 6.07 Å².